The zero-order valence-corrected chi connectivity index (χ0v) is 15.3. The number of aryl methyl sites for hydroxylation is 1. The largest absolute Gasteiger partial charge is 0.357 e. The zero-order chi connectivity index (χ0) is 16.7. The number of rotatable bonds is 7. The van der Waals surface area contributed by atoms with Crippen LogP contribution >= 0.6 is 11.3 Å². The van der Waals surface area contributed by atoms with Crippen molar-refractivity contribution < 1.29 is 8.42 Å². The minimum atomic E-state index is -3.03. The highest BCUT2D eigenvalue weighted by molar-refractivity contribution is 7.89. The van der Waals surface area contributed by atoms with Gasteiger partial charge in [-0.05, 0) is 20.3 Å². The van der Waals surface area contributed by atoms with Gasteiger partial charge in [0.15, 0.2) is 5.96 Å². The van der Waals surface area contributed by atoms with Crippen molar-refractivity contribution in [3.8, 4) is 0 Å². The standard InChI is InChI=1S/C14H25N5O2S2/c1-3-15-14(16-6-5-13-11-22-12(2)18-13)17-7-9-19-8-4-10-23(19,20)21/h11H,3-10H2,1-2H3,(H2,15,16,17). The van der Waals surface area contributed by atoms with E-state index in [0.717, 1.165) is 42.6 Å². The fourth-order valence-electron chi connectivity index (χ4n) is 2.39. The van der Waals surface area contributed by atoms with Crippen molar-refractivity contribution in [3.05, 3.63) is 16.1 Å². The quantitative estimate of drug-likeness (QED) is 0.549. The molecule has 0 amide bonds. The summed E-state index contributed by atoms with van der Waals surface area (Å²) in [6.45, 7) is 7.05. The Kier molecular flexibility index (Phi) is 6.79. The average Bonchev–Trinajstić information content (AvgIpc) is 3.05. The molecule has 0 atom stereocenters. The molecule has 130 valence electrons. The second-order valence-electron chi connectivity index (χ2n) is 5.36. The van der Waals surface area contributed by atoms with Gasteiger partial charge in [0, 0.05) is 38.0 Å². The topological polar surface area (TPSA) is 86.7 Å². The molecule has 23 heavy (non-hydrogen) atoms. The summed E-state index contributed by atoms with van der Waals surface area (Å²) in [5.41, 5.74) is 1.08. The van der Waals surface area contributed by atoms with E-state index in [1.54, 1.807) is 11.3 Å². The Morgan fingerprint density at radius 1 is 1.48 bits per heavy atom. The summed E-state index contributed by atoms with van der Waals surface area (Å²) in [5.74, 6) is 0.985. The molecule has 1 fully saturated rings. The monoisotopic (exact) mass is 359 g/mol. The van der Waals surface area contributed by atoms with Crippen LogP contribution in [0.15, 0.2) is 10.4 Å². The average molecular weight is 360 g/mol. The van der Waals surface area contributed by atoms with Crippen LogP contribution in [0.2, 0.25) is 0 Å². The second kappa shape index (κ2) is 8.60. The Morgan fingerprint density at radius 2 is 2.30 bits per heavy atom. The van der Waals surface area contributed by atoms with E-state index in [0.29, 0.717) is 19.6 Å². The fourth-order valence-corrected chi connectivity index (χ4v) is 4.56. The molecule has 1 saturated heterocycles. The molecule has 0 bridgehead atoms. The number of sulfonamides is 1. The molecule has 1 aromatic rings. The summed E-state index contributed by atoms with van der Waals surface area (Å²) in [6, 6.07) is 0. The molecule has 1 aromatic heterocycles. The minimum Gasteiger partial charge on any atom is -0.357 e. The van der Waals surface area contributed by atoms with Crippen LogP contribution < -0.4 is 10.6 Å². The van der Waals surface area contributed by atoms with Crippen LogP contribution in [0.1, 0.15) is 24.0 Å². The number of guanidine groups is 1. The second-order valence-corrected chi connectivity index (χ2v) is 8.51. The lowest BCUT2D eigenvalue weighted by Gasteiger charge is -2.14. The summed E-state index contributed by atoms with van der Waals surface area (Å²) in [5, 5.41) is 9.58. The molecule has 0 aliphatic carbocycles. The van der Waals surface area contributed by atoms with Gasteiger partial charge in [-0.15, -0.1) is 11.3 Å². The van der Waals surface area contributed by atoms with Gasteiger partial charge < -0.3 is 10.6 Å². The summed E-state index contributed by atoms with van der Waals surface area (Å²) in [7, 11) is -3.03. The smallest absolute Gasteiger partial charge is 0.214 e. The molecular formula is C14H25N5O2S2. The van der Waals surface area contributed by atoms with Crippen molar-refractivity contribution in [1.29, 1.82) is 0 Å². The molecule has 9 heteroatoms. The highest BCUT2D eigenvalue weighted by Gasteiger charge is 2.27. The Balaban J connectivity index is 1.77. The number of hydrogen-bond donors (Lipinski definition) is 2. The lowest BCUT2D eigenvalue weighted by atomic mass is 10.3. The summed E-state index contributed by atoms with van der Waals surface area (Å²) < 4.78 is 25.0. The molecule has 0 saturated carbocycles. The van der Waals surface area contributed by atoms with Crippen molar-refractivity contribution in [1.82, 2.24) is 19.9 Å². The van der Waals surface area contributed by atoms with Crippen LogP contribution in [-0.2, 0) is 16.4 Å². The van der Waals surface area contributed by atoms with E-state index in [-0.39, 0.29) is 5.75 Å². The fraction of sp³-hybridized carbons (Fsp3) is 0.714. The van der Waals surface area contributed by atoms with Gasteiger partial charge in [0.05, 0.1) is 23.0 Å². The maximum Gasteiger partial charge on any atom is 0.214 e. The molecule has 7 nitrogen and oxygen atoms in total. The lowest BCUT2D eigenvalue weighted by molar-refractivity contribution is 0.452. The molecule has 2 N–H and O–H groups in total. The Morgan fingerprint density at radius 3 is 2.91 bits per heavy atom. The van der Waals surface area contributed by atoms with Crippen molar-refractivity contribution in [2.24, 2.45) is 4.99 Å². The summed E-state index contributed by atoms with van der Waals surface area (Å²) in [4.78, 5) is 8.88. The van der Waals surface area contributed by atoms with Gasteiger partial charge in [-0.25, -0.2) is 17.7 Å². The van der Waals surface area contributed by atoms with E-state index in [4.69, 9.17) is 0 Å². The van der Waals surface area contributed by atoms with E-state index in [1.165, 1.54) is 4.31 Å². The maximum absolute atomic E-state index is 11.7. The molecule has 2 heterocycles. The molecule has 0 radical (unpaired) electrons. The van der Waals surface area contributed by atoms with Gasteiger partial charge in [-0.1, -0.05) is 0 Å². The normalized spacial score (nSPS) is 18.3. The maximum atomic E-state index is 11.7. The Hall–Kier alpha value is -1.19. The van der Waals surface area contributed by atoms with E-state index >= 15 is 0 Å². The van der Waals surface area contributed by atoms with Crippen molar-refractivity contribution >= 4 is 27.3 Å². The third-order valence-corrected chi connectivity index (χ3v) is 6.29. The molecule has 1 aliphatic heterocycles. The van der Waals surface area contributed by atoms with Crippen LogP contribution in [0.3, 0.4) is 0 Å². The van der Waals surface area contributed by atoms with Gasteiger partial charge in [0.2, 0.25) is 10.0 Å². The van der Waals surface area contributed by atoms with Crippen LogP contribution in [0.25, 0.3) is 0 Å². The first-order valence-corrected chi connectivity index (χ1v) is 10.4. The van der Waals surface area contributed by atoms with E-state index in [1.807, 2.05) is 13.8 Å². The van der Waals surface area contributed by atoms with Gasteiger partial charge in [-0.3, -0.25) is 4.99 Å². The number of nitrogens with zero attached hydrogens (tertiary/aromatic N) is 3. The Labute approximate surface area is 142 Å². The highest BCUT2D eigenvalue weighted by Crippen LogP contribution is 2.12. The van der Waals surface area contributed by atoms with Crippen LogP contribution in [-0.4, -0.2) is 62.1 Å². The molecule has 1 aliphatic rings. The third-order valence-electron chi connectivity index (χ3n) is 3.51. The predicted molar refractivity (Wildman–Crippen MR) is 94.5 cm³/mol. The van der Waals surface area contributed by atoms with Crippen LogP contribution in [0, 0.1) is 6.92 Å². The predicted octanol–water partition coefficient (Wildman–Crippen LogP) is 0.585. The van der Waals surface area contributed by atoms with Crippen molar-refractivity contribution in [3.63, 3.8) is 0 Å². The SMILES string of the molecule is CCNC(=NCCN1CCCS1(=O)=O)NCCc1csc(C)n1. The highest BCUT2D eigenvalue weighted by atomic mass is 32.2. The molecule has 0 aromatic carbocycles. The van der Waals surface area contributed by atoms with Crippen LogP contribution in [0.5, 0.6) is 0 Å². The number of nitrogens with one attached hydrogen (secondary N) is 2. The number of aromatic nitrogens is 1. The number of hydrogen-bond acceptors (Lipinski definition) is 5. The Bertz CT molecular complexity index is 627. The molecule has 0 spiro atoms. The van der Waals surface area contributed by atoms with Gasteiger partial charge in [-0.2, -0.15) is 0 Å². The minimum absolute atomic E-state index is 0.266. The van der Waals surface area contributed by atoms with Gasteiger partial charge in [0.25, 0.3) is 0 Å². The first-order chi connectivity index (χ1) is 11.0. The number of aliphatic imine (C=N–C) groups is 1. The number of thiazole rings is 1. The first-order valence-electron chi connectivity index (χ1n) is 7.92. The van der Waals surface area contributed by atoms with E-state index < -0.39 is 10.0 Å². The first kappa shape index (κ1) is 18.2. The lowest BCUT2D eigenvalue weighted by Crippen LogP contribution is -2.39. The van der Waals surface area contributed by atoms with Crippen LogP contribution in [0.4, 0.5) is 0 Å². The molecule has 0 unspecified atom stereocenters. The van der Waals surface area contributed by atoms with Crippen molar-refractivity contribution in [2.75, 3.05) is 38.5 Å². The summed E-state index contributed by atoms with van der Waals surface area (Å²) >= 11 is 1.65. The van der Waals surface area contributed by atoms with Gasteiger partial charge >= 0.3 is 0 Å². The zero-order valence-electron chi connectivity index (χ0n) is 13.7. The van der Waals surface area contributed by atoms with Gasteiger partial charge in [0.1, 0.15) is 0 Å². The molecular weight excluding hydrogens is 334 g/mol. The van der Waals surface area contributed by atoms with E-state index in [2.05, 4.69) is 26.0 Å². The van der Waals surface area contributed by atoms with E-state index in [9.17, 15) is 8.42 Å². The third kappa shape index (κ3) is 5.74. The summed E-state index contributed by atoms with van der Waals surface area (Å²) in [6.07, 6.45) is 1.56. The molecule has 2 rings (SSSR count). The van der Waals surface area contributed by atoms with Crippen molar-refractivity contribution in [2.45, 2.75) is 26.7 Å².